The van der Waals surface area contributed by atoms with E-state index in [9.17, 15) is 5.11 Å². The van der Waals surface area contributed by atoms with E-state index >= 15 is 0 Å². The topological polar surface area (TPSA) is 84.1 Å². The number of nitrogens with zero attached hydrogens (tertiary/aromatic N) is 2. The number of anilines is 2. The van der Waals surface area contributed by atoms with Crippen LogP contribution in [0.25, 0.3) is 0 Å². The molecule has 0 bridgehead atoms. The van der Waals surface area contributed by atoms with Crippen LogP contribution in [0.2, 0.25) is 5.15 Å². The van der Waals surface area contributed by atoms with E-state index in [0.29, 0.717) is 17.4 Å². The SMILES string of the molecule is CC(C)CC(CO)Nc1ncnc(Cl)c1N. The maximum Gasteiger partial charge on any atom is 0.157 e. The number of hydrogen-bond donors (Lipinski definition) is 3. The molecule has 0 saturated carbocycles. The second kappa shape index (κ2) is 5.86. The lowest BCUT2D eigenvalue weighted by molar-refractivity contribution is 0.259. The van der Waals surface area contributed by atoms with Gasteiger partial charge in [-0.25, -0.2) is 9.97 Å². The van der Waals surface area contributed by atoms with Gasteiger partial charge in [0.05, 0.1) is 12.6 Å². The molecule has 0 radical (unpaired) electrons. The van der Waals surface area contributed by atoms with E-state index in [4.69, 9.17) is 17.3 Å². The smallest absolute Gasteiger partial charge is 0.157 e. The normalized spacial score (nSPS) is 12.8. The molecular weight excluding hydrogens is 228 g/mol. The van der Waals surface area contributed by atoms with Gasteiger partial charge in [-0.15, -0.1) is 0 Å². The van der Waals surface area contributed by atoms with Crippen molar-refractivity contribution < 1.29 is 5.11 Å². The maximum atomic E-state index is 9.22. The molecule has 90 valence electrons. The Morgan fingerprint density at radius 3 is 2.75 bits per heavy atom. The Morgan fingerprint density at radius 1 is 1.50 bits per heavy atom. The van der Waals surface area contributed by atoms with E-state index in [1.807, 2.05) is 0 Å². The summed E-state index contributed by atoms with van der Waals surface area (Å²) in [7, 11) is 0. The van der Waals surface area contributed by atoms with Crippen molar-refractivity contribution >= 4 is 23.1 Å². The molecule has 1 unspecified atom stereocenters. The zero-order chi connectivity index (χ0) is 12.1. The number of aromatic nitrogens is 2. The molecule has 0 spiro atoms. The molecule has 1 aromatic heterocycles. The van der Waals surface area contributed by atoms with Crippen LogP contribution in [0.3, 0.4) is 0 Å². The summed E-state index contributed by atoms with van der Waals surface area (Å²) in [6.07, 6.45) is 2.17. The van der Waals surface area contributed by atoms with Crippen LogP contribution < -0.4 is 11.1 Å². The standard InChI is InChI=1S/C10H17ClN4O/c1-6(2)3-7(4-16)15-10-8(12)9(11)13-5-14-10/h5-7,16H,3-4,12H2,1-2H3,(H,13,14,15). The second-order valence-corrected chi connectivity index (χ2v) is 4.44. The van der Waals surface area contributed by atoms with Crippen molar-refractivity contribution in [2.24, 2.45) is 5.92 Å². The van der Waals surface area contributed by atoms with Gasteiger partial charge in [-0.2, -0.15) is 0 Å². The first-order chi connectivity index (χ1) is 7.54. The minimum absolute atomic E-state index is 0.0270. The Balaban J connectivity index is 2.74. The minimum atomic E-state index is -0.0757. The van der Waals surface area contributed by atoms with Crippen molar-refractivity contribution in [3.8, 4) is 0 Å². The number of aliphatic hydroxyl groups is 1. The number of halogens is 1. The van der Waals surface area contributed by atoms with Gasteiger partial charge < -0.3 is 16.2 Å². The second-order valence-electron chi connectivity index (χ2n) is 4.08. The molecule has 4 N–H and O–H groups in total. The van der Waals surface area contributed by atoms with E-state index in [2.05, 4.69) is 29.1 Å². The maximum absolute atomic E-state index is 9.22. The number of nitrogens with one attached hydrogen (secondary N) is 1. The highest BCUT2D eigenvalue weighted by molar-refractivity contribution is 6.32. The summed E-state index contributed by atoms with van der Waals surface area (Å²) in [5, 5.41) is 12.5. The zero-order valence-electron chi connectivity index (χ0n) is 9.44. The number of aliphatic hydroxyl groups excluding tert-OH is 1. The molecule has 0 saturated heterocycles. The van der Waals surface area contributed by atoms with Crippen molar-refractivity contribution in [1.29, 1.82) is 0 Å². The van der Waals surface area contributed by atoms with Crippen molar-refractivity contribution in [3.63, 3.8) is 0 Å². The lowest BCUT2D eigenvalue weighted by atomic mass is 10.0. The first-order valence-corrected chi connectivity index (χ1v) is 5.55. The molecule has 1 aromatic rings. The molecule has 1 atom stereocenters. The Morgan fingerprint density at radius 2 is 2.19 bits per heavy atom. The van der Waals surface area contributed by atoms with Crippen LogP contribution in [-0.2, 0) is 0 Å². The fraction of sp³-hybridized carbons (Fsp3) is 0.600. The Labute approximate surface area is 100 Å². The van der Waals surface area contributed by atoms with Crippen LogP contribution in [0.15, 0.2) is 6.33 Å². The predicted octanol–water partition coefficient (Wildman–Crippen LogP) is 1.53. The molecule has 0 amide bonds. The van der Waals surface area contributed by atoms with Crippen molar-refractivity contribution in [2.75, 3.05) is 17.7 Å². The highest BCUT2D eigenvalue weighted by Crippen LogP contribution is 2.23. The highest BCUT2D eigenvalue weighted by atomic mass is 35.5. The summed E-state index contributed by atoms with van der Waals surface area (Å²) in [5.74, 6) is 0.947. The third-order valence-electron chi connectivity index (χ3n) is 2.15. The molecule has 0 aliphatic carbocycles. The minimum Gasteiger partial charge on any atom is -0.394 e. The highest BCUT2D eigenvalue weighted by Gasteiger charge is 2.13. The number of rotatable bonds is 5. The zero-order valence-corrected chi connectivity index (χ0v) is 10.2. The molecule has 6 heteroatoms. The molecule has 1 rings (SSSR count). The van der Waals surface area contributed by atoms with Crippen LogP contribution in [0.4, 0.5) is 11.5 Å². The van der Waals surface area contributed by atoms with Gasteiger partial charge in [0.15, 0.2) is 11.0 Å². The van der Waals surface area contributed by atoms with Gasteiger partial charge in [0.25, 0.3) is 0 Å². The van der Waals surface area contributed by atoms with E-state index in [1.54, 1.807) is 0 Å². The molecule has 5 nitrogen and oxygen atoms in total. The molecule has 0 aromatic carbocycles. The van der Waals surface area contributed by atoms with Crippen molar-refractivity contribution in [3.05, 3.63) is 11.5 Å². The average molecular weight is 245 g/mol. The summed E-state index contributed by atoms with van der Waals surface area (Å²) >= 11 is 5.77. The first-order valence-electron chi connectivity index (χ1n) is 5.18. The van der Waals surface area contributed by atoms with E-state index in [1.165, 1.54) is 6.33 Å². The Bertz CT molecular complexity index is 346. The molecular formula is C10H17ClN4O. The fourth-order valence-electron chi connectivity index (χ4n) is 1.43. The van der Waals surface area contributed by atoms with E-state index in [0.717, 1.165) is 6.42 Å². The lowest BCUT2D eigenvalue weighted by Crippen LogP contribution is -2.26. The van der Waals surface area contributed by atoms with Gasteiger partial charge in [0, 0.05) is 0 Å². The quantitative estimate of drug-likeness (QED) is 0.684. The Hall–Kier alpha value is -1.07. The van der Waals surface area contributed by atoms with Crippen LogP contribution >= 0.6 is 11.6 Å². The third kappa shape index (κ3) is 3.50. The molecule has 16 heavy (non-hydrogen) atoms. The van der Waals surface area contributed by atoms with Gasteiger partial charge in [0.1, 0.15) is 12.0 Å². The van der Waals surface area contributed by atoms with Gasteiger partial charge >= 0.3 is 0 Å². The van der Waals surface area contributed by atoms with Crippen molar-refractivity contribution in [2.45, 2.75) is 26.3 Å². The number of nitrogens with two attached hydrogens (primary N) is 1. The van der Waals surface area contributed by atoms with Crippen LogP contribution in [0.1, 0.15) is 20.3 Å². The van der Waals surface area contributed by atoms with Gasteiger partial charge in [-0.05, 0) is 12.3 Å². The summed E-state index contributed by atoms with van der Waals surface area (Å²) < 4.78 is 0. The number of nitrogen functional groups attached to an aromatic ring is 1. The predicted molar refractivity (Wildman–Crippen MR) is 65.4 cm³/mol. The summed E-state index contributed by atoms with van der Waals surface area (Å²) in [4.78, 5) is 7.75. The van der Waals surface area contributed by atoms with E-state index in [-0.39, 0.29) is 17.8 Å². The average Bonchev–Trinajstić information content (AvgIpc) is 2.23. The first kappa shape index (κ1) is 13.0. The number of hydrogen-bond acceptors (Lipinski definition) is 5. The third-order valence-corrected chi connectivity index (χ3v) is 2.45. The van der Waals surface area contributed by atoms with Crippen molar-refractivity contribution in [1.82, 2.24) is 9.97 Å². The summed E-state index contributed by atoms with van der Waals surface area (Å²) in [6.45, 7) is 4.19. The molecule has 1 heterocycles. The Kier molecular flexibility index (Phi) is 4.76. The van der Waals surface area contributed by atoms with E-state index < -0.39 is 0 Å². The van der Waals surface area contributed by atoms with Gasteiger partial charge in [-0.1, -0.05) is 25.4 Å². The van der Waals surface area contributed by atoms with Crippen LogP contribution in [0.5, 0.6) is 0 Å². The van der Waals surface area contributed by atoms with Crippen LogP contribution in [-0.4, -0.2) is 27.7 Å². The lowest BCUT2D eigenvalue weighted by Gasteiger charge is -2.19. The molecule has 0 aliphatic rings. The fourth-order valence-corrected chi connectivity index (χ4v) is 1.56. The largest absolute Gasteiger partial charge is 0.394 e. The summed E-state index contributed by atoms with van der Waals surface area (Å²) in [6, 6.07) is -0.0757. The monoisotopic (exact) mass is 244 g/mol. The molecule has 0 aliphatic heterocycles. The van der Waals surface area contributed by atoms with Crippen LogP contribution in [0, 0.1) is 5.92 Å². The van der Waals surface area contributed by atoms with Gasteiger partial charge in [-0.3, -0.25) is 0 Å². The summed E-state index contributed by atoms with van der Waals surface area (Å²) in [5.41, 5.74) is 6.03. The van der Waals surface area contributed by atoms with Gasteiger partial charge in [0.2, 0.25) is 0 Å². The molecule has 0 fully saturated rings.